The van der Waals surface area contributed by atoms with Crippen LogP contribution in [0.3, 0.4) is 0 Å². The van der Waals surface area contributed by atoms with Gasteiger partial charge in [-0.25, -0.2) is 4.39 Å². The van der Waals surface area contributed by atoms with Crippen molar-refractivity contribution >= 4 is 28.6 Å². The molecule has 0 atom stereocenters. The Morgan fingerprint density at radius 1 is 1.04 bits per heavy atom. The molecule has 3 aromatic rings. The summed E-state index contributed by atoms with van der Waals surface area (Å²) in [6, 6.07) is 15.1. The molecule has 0 radical (unpaired) electrons. The highest BCUT2D eigenvalue weighted by atomic mass is 32.2. The number of rotatable bonds is 6. The van der Waals surface area contributed by atoms with Gasteiger partial charge in [-0.1, -0.05) is 30.3 Å². The van der Waals surface area contributed by atoms with E-state index >= 15 is 0 Å². The summed E-state index contributed by atoms with van der Waals surface area (Å²) >= 11 is 1.68. The van der Waals surface area contributed by atoms with Gasteiger partial charge in [-0.3, -0.25) is 9.98 Å². The van der Waals surface area contributed by atoms with Crippen LogP contribution in [0.4, 0.5) is 4.39 Å². The summed E-state index contributed by atoms with van der Waals surface area (Å²) in [7, 11) is 1.74. The van der Waals surface area contributed by atoms with Gasteiger partial charge in [-0.05, 0) is 41.1 Å². The average Bonchev–Trinajstić information content (AvgIpc) is 2.69. The highest BCUT2D eigenvalue weighted by Gasteiger charge is 2.07. The van der Waals surface area contributed by atoms with Crippen LogP contribution in [0.2, 0.25) is 0 Å². The van der Waals surface area contributed by atoms with Gasteiger partial charge in [0.25, 0.3) is 0 Å². The van der Waals surface area contributed by atoms with Crippen LogP contribution in [0.1, 0.15) is 16.7 Å². The van der Waals surface area contributed by atoms with Gasteiger partial charge < -0.3 is 10.6 Å². The van der Waals surface area contributed by atoms with Crippen LogP contribution in [0.25, 0.3) is 10.9 Å². The van der Waals surface area contributed by atoms with Crippen LogP contribution >= 0.6 is 11.8 Å². The Morgan fingerprint density at radius 3 is 2.59 bits per heavy atom. The van der Waals surface area contributed by atoms with Gasteiger partial charge in [0.05, 0.1) is 5.52 Å². The fourth-order valence-corrected chi connectivity index (χ4v) is 3.53. The number of aliphatic imine (C=N–C) groups is 1. The third-order valence-electron chi connectivity index (χ3n) is 4.30. The van der Waals surface area contributed by atoms with Crippen molar-refractivity contribution in [3.8, 4) is 0 Å². The Morgan fingerprint density at radius 2 is 1.81 bits per heavy atom. The zero-order valence-electron chi connectivity index (χ0n) is 15.5. The number of benzene rings is 2. The van der Waals surface area contributed by atoms with Crippen LogP contribution < -0.4 is 10.6 Å². The van der Waals surface area contributed by atoms with E-state index in [0.717, 1.165) is 33.3 Å². The van der Waals surface area contributed by atoms with E-state index in [2.05, 4.69) is 38.8 Å². The summed E-state index contributed by atoms with van der Waals surface area (Å²) in [6.07, 6.45) is 3.82. The zero-order valence-corrected chi connectivity index (χ0v) is 16.3. The minimum atomic E-state index is -0.200. The lowest BCUT2D eigenvalue weighted by atomic mass is 10.1. The number of aromatic nitrogens is 1. The summed E-state index contributed by atoms with van der Waals surface area (Å²) in [5, 5.41) is 7.76. The normalized spacial score (nSPS) is 11.6. The first-order valence-electron chi connectivity index (χ1n) is 8.74. The first kappa shape index (κ1) is 19.2. The van der Waals surface area contributed by atoms with Crippen molar-refractivity contribution in [2.24, 2.45) is 4.99 Å². The number of pyridine rings is 1. The molecule has 1 aromatic heterocycles. The predicted molar refractivity (Wildman–Crippen MR) is 112 cm³/mol. The highest BCUT2D eigenvalue weighted by Crippen LogP contribution is 2.17. The molecule has 0 aliphatic carbocycles. The summed E-state index contributed by atoms with van der Waals surface area (Å²) in [5.41, 5.74) is 4.17. The minimum Gasteiger partial charge on any atom is -0.352 e. The van der Waals surface area contributed by atoms with Gasteiger partial charge in [-0.2, -0.15) is 11.8 Å². The molecule has 0 amide bonds. The molecule has 0 spiro atoms. The number of para-hydroxylation sites is 1. The SMILES string of the molecule is CN=C(NCc1ccc(F)cc1CSC)NCc1cccc2cccnc12. The molecule has 0 saturated heterocycles. The Labute approximate surface area is 163 Å². The number of thioether (sulfide) groups is 1. The van der Waals surface area contributed by atoms with Crippen molar-refractivity contribution in [3.05, 3.63) is 77.2 Å². The van der Waals surface area contributed by atoms with E-state index in [1.54, 1.807) is 31.1 Å². The molecular formula is C21H23FN4S. The summed E-state index contributed by atoms with van der Waals surface area (Å²) in [4.78, 5) is 8.77. The molecule has 0 aliphatic heterocycles. The molecule has 0 unspecified atom stereocenters. The smallest absolute Gasteiger partial charge is 0.191 e. The molecule has 0 fully saturated rings. The molecule has 2 N–H and O–H groups in total. The number of guanidine groups is 1. The number of nitrogens with zero attached hydrogens (tertiary/aromatic N) is 2. The van der Waals surface area contributed by atoms with Crippen LogP contribution in [-0.4, -0.2) is 24.2 Å². The number of nitrogens with one attached hydrogen (secondary N) is 2. The van der Waals surface area contributed by atoms with E-state index in [1.165, 1.54) is 6.07 Å². The van der Waals surface area contributed by atoms with Crippen LogP contribution in [0.5, 0.6) is 0 Å². The second-order valence-electron chi connectivity index (χ2n) is 6.12. The van der Waals surface area contributed by atoms with Crippen LogP contribution in [-0.2, 0) is 18.8 Å². The van der Waals surface area contributed by atoms with Crippen molar-refractivity contribution in [1.29, 1.82) is 0 Å². The zero-order chi connectivity index (χ0) is 19.1. The van der Waals surface area contributed by atoms with Crippen molar-refractivity contribution < 1.29 is 4.39 Å². The number of fused-ring (bicyclic) bond motifs is 1. The number of hydrogen-bond acceptors (Lipinski definition) is 3. The molecule has 3 rings (SSSR count). The Balaban J connectivity index is 1.65. The molecule has 0 saturated carbocycles. The molecule has 0 aliphatic rings. The number of hydrogen-bond donors (Lipinski definition) is 2. The molecule has 4 nitrogen and oxygen atoms in total. The molecule has 2 aromatic carbocycles. The first-order chi connectivity index (χ1) is 13.2. The summed E-state index contributed by atoms with van der Waals surface area (Å²) < 4.78 is 13.5. The molecule has 27 heavy (non-hydrogen) atoms. The molecule has 0 bridgehead atoms. The lowest BCUT2D eigenvalue weighted by Gasteiger charge is -2.15. The predicted octanol–water partition coefficient (Wildman–Crippen LogP) is 4.10. The second kappa shape index (κ2) is 9.37. The third-order valence-corrected chi connectivity index (χ3v) is 4.90. The van der Waals surface area contributed by atoms with Gasteiger partial charge in [0.15, 0.2) is 5.96 Å². The molecular weight excluding hydrogens is 359 g/mol. The number of halogens is 1. The first-order valence-corrected chi connectivity index (χ1v) is 10.1. The van der Waals surface area contributed by atoms with E-state index in [0.29, 0.717) is 19.0 Å². The monoisotopic (exact) mass is 382 g/mol. The van der Waals surface area contributed by atoms with Gasteiger partial charge in [0.1, 0.15) is 5.82 Å². The van der Waals surface area contributed by atoms with Gasteiger partial charge in [0, 0.05) is 37.5 Å². The maximum absolute atomic E-state index is 13.5. The van der Waals surface area contributed by atoms with Gasteiger partial charge >= 0.3 is 0 Å². The van der Waals surface area contributed by atoms with Crippen molar-refractivity contribution in [1.82, 2.24) is 15.6 Å². The van der Waals surface area contributed by atoms with E-state index < -0.39 is 0 Å². The fourth-order valence-electron chi connectivity index (χ4n) is 2.95. The lowest BCUT2D eigenvalue weighted by Crippen LogP contribution is -2.36. The standard InChI is InChI=1S/C21H23FN4S/c1-23-21(25-12-16-8-9-19(22)11-18(16)14-27-2)26-13-17-6-3-5-15-7-4-10-24-20(15)17/h3-11H,12-14H2,1-2H3,(H2,23,25,26). The van der Waals surface area contributed by atoms with Crippen LogP contribution in [0, 0.1) is 5.82 Å². The second-order valence-corrected chi connectivity index (χ2v) is 6.98. The van der Waals surface area contributed by atoms with Gasteiger partial charge in [-0.15, -0.1) is 0 Å². The topological polar surface area (TPSA) is 49.3 Å². The molecule has 140 valence electrons. The lowest BCUT2D eigenvalue weighted by molar-refractivity contribution is 0.625. The average molecular weight is 383 g/mol. The van der Waals surface area contributed by atoms with E-state index in [-0.39, 0.29) is 5.82 Å². The maximum Gasteiger partial charge on any atom is 0.191 e. The van der Waals surface area contributed by atoms with Gasteiger partial charge in [0.2, 0.25) is 0 Å². The van der Waals surface area contributed by atoms with E-state index in [9.17, 15) is 4.39 Å². The van der Waals surface area contributed by atoms with Crippen molar-refractivity contribution in [2.45, 2.75) is 18.8 Å². The van der Waals surface area contributed by atoms with E-state index in [4.69, 9.17) is 0 Å². The quantitative estimate of drug-likeness (QED) is 0.498. The highest BCUT2D eigenvalue weighted by molar-refractivity contribution is 7.97. The van der Waals surface area contributed by atoms with E-state index in [1.807, 2.05) is 24.5 Å². The summed E-state index contributed by atoms with van der Waals surface area (Å²) in [6.45, 7) is 1.21. The Bertz CT molecular complexity index is 937. The molecule has 1 heterocycles. The van der Waals surface area contributed by atoms with Crippen LogP contribution in [0.15, 0.2) is 59.7 Å². The fraction of sp³-hybridized carbons (Fsp3) is 0.238. The molecule has 6 heteroatoms. The third kappa shape index (κ3) is 4.98. The van der Waals surface area contributed by atoms with Crippen molar-refractivity contribution in [2.75, 3.05) is 13.3 Å². The minimum absolute atomic E-state index is 0.200. The Hall–Kier alpha value is -2.60. The largest absolute Gasteiger partial charge is 0.352 e. The Kier molecular flexibility index (Phi) is 6.65. The maximum atomic E-state index is 13.5. The summed E-state index contributed by atoms with van der Waals surface area (Å²) in [5.74, 6) is 1.28. The van der Waals surface area contributed by atoms with Crippen molar-refractivity contribution in [3.63, 3.8) is 0 Å².